The van der Waals surface area contributed by atoms with Gasteiger partial charge in [-0.05, 0) is 24.3 Å². The van der Waals surface area contributed by atoms with Crippen LogP contribution in [0.5, 0.6) is 0 Å². The molecule has 0 unspecified atom stereocenters. The molecule has 6 nitrogen and oxygen atoms in total. The minimum absolute atomic E-state index is 0.171. The Morgan fingerprint density at radius 3 is 2.25 bits per heavy atom. The monoisotopic (exact) mass is 304 g/mol. The number of thioether (sulfide) groups is 1. The number of nitrogens with one attached hydrogen (secondary N) is 2. The van der Waals surface area contributed by atoms with Gasteiger partial charge in [-0.3, -0.25) is 9.59 Å². The fourth-order valence-corrected chi connectivity index (χ4v) is 2.16. The van der Waals surface area contributed by atoms with Crippen LogP contribution in [0.25, 0.3) is 0 Å². The largest absolute Gasteiger partial charge is 0.480 e. The van der Waals surface area contributed by atoms with E-state index in [2.05, 4.69) is 10.6 Å². The van der Waals surface area contributed by atoms with E-state index in [0.717, 1.165) is 0 Å². The van der Waals surface area contributed by atoms with Gasteiger partial charge in [0.25, 0.3) is 0 Å². The lowest BCUT2D eigenvalue weighted by atomic mass is 9.99. The van der Waals surface area contributed by atoms with E-state index >= 15 is 0 Å². The summed E-state index contributed by atoms with van der Waals surface area (Å²) in [6.45, 7) is 4.98. The van der Waals surface area contributed by atoms with Crippen LogP contribution in [-0.4, -0.2) is 47.0 Å². The molecule has 0 aliphatic rings. The number of amides is 2. The number of carboxylic acids is 1. The van der Waals surface area contributed by atoms with Crippen molar-refractivity contribution in [3.63, 3.8) is 0 Å². The molecule has 0 aromatic rings. The zero-order valence-electron chi connectivity index (χ0n) is 12.4. The van der Waals surface area contributed by atoms with E-state index in [0.29, 0.717) is 18.6 Å². The molecule has 0 aliphatic carbocycles. The van der Waals surface area contributed by atoms with Crippen LogP contribution in [0.3, 0.4) is 0 Å². The highest BCUT2D eigenvalue weighted by molar-refractivity contribution is 7.98. The molecule has 3 atom stereocenters. The van der Waals surface area contributed by atoms with Gasteiger partial charge in [-0.1, -0.05) is 20.3 Å². The Balaban J connectivity index is 4.77. The number of carboxylic acid groups (broad SMARTS) is 1. The lowest BCUT2D eigenvalue weighted by Gasteiger charge is -2.24. The van der Waals surface area contributed by atoms with Crippen LogP contribution in [0.4, 0.5) is 0 Å². The fourth-order valence-electron chi connectivity index (χ4n) is 1.69. The molecule has 0 saturated heterocycles. The van der Waals surface area contributed by atoms with E-state index < -0.39 is 24.0 Å². The van der Waals surface area contributed by atoms with Crippen LogP contribution in [0.15, 0.2) is 0 Å². The summed E-state index contributed by atoms with van der Waals surface area (Å²) in [7, 11) is 0. The predicted octanol–water partition coefficient (Wildman–Crippen LogP) is 0.860. The Labute approximate surface area is 124 Å². The highest BCUT2D eigenvalue weighted by Gasteiger charge is 2.28. The first kappa shape index (κ1) is 18.8. The van der Waals surface area contributed by atoms with Gasteiger partial charge in [0.15, 0.2) is 0 Å². The number of hydrogen-bond acceptors (Lipinski definition) is 4. The maximum absolute atomic E-state index is 12.1. The third-order valence-corrected chi connectivity index (χ3v) is 3.73. The third kappa shape index (κ3) is 6.79. The first-order valence-corrected chi connectivity index (χ1v) is 8.02. The summed E-state index contributed by atoms with van der Waals surface area (Å²) in [5.41, 5.74) is 0. The fraction of sp³-hybridized carbons (Fsp3) is 0.769. The van der Waals surface area contributed by atoms with Crippen LogP contribution in [-0.2, 0) is 14.4 Å². The first-order valence-electron chi connectivity index (χ1n) is 6.62. The Morgan fingerprint density at radius 2 is 1.85 bits per heavy atom. The zero-order valence-corrected chi connectivity index (χ0v) is 13.3. The normalized spacial score (nSPS) is 15.0. The van der Waals surface area contributed by atoms with E-state index in [1.807, 2.05) is 13.2 Å². The van der Waals surface area contributed by atoms with Gasteiger partial charge in [-0.25, -0.2) is 4.79 Å². The zero-order chi connectivity index (χ0) is 15.7. The van der Waals surface area contributed by atoms with Gasteiger partial charge in [-0.2, -0.15) is 11.8 Å². The predicted molar refractivity (Wildman–Crippen MR) is 79.6 cm³/mol. The summed E-state index contributed by atoms with van der Waals surface area (Å²) >= 11 is 1.56. The molecular formula is C13H24N2O4S. The average Bonchev–Trinajstić information content (AvgIpc) is 2.38. The van der Waals surface area contributed by atoms with Gasteiger partial charge in [0.1, 0.15) is 12.1 Å². The van der Waals surface area contributed by atoms with Gasteiger partial charge in [0.2, 0.25) is 11.8 Å². The van der Waals surface area contributed by atoms with Crippen LogP contribution < -0.4 is 10.6 Å². The molecule has 20 heavy (non-hydrogen) atoms. The summed E-state index contributed by atoms with van der Waals surface area (Å²) in [5, 5.41) is 14.2. The molecule has 0 radical (unpaired) electrons. The minimum atomic E-state index is -1.06. The molecule has 2 amide bonds. The highest BCUT2D eigenvalue weighted by Crippen LogP contribution is 2.09. The molecule has 116 valence electrons. The number of carbonyl (C=O) groups is 3. The Bertz CT molecular complexity index is 349. The quantitative estimate of drug-likeness (QED) is 0.587. The topological polar surface area (TPSA) is 95.5 Å². The first-order chi connectivity index (χ1) is 9.33. The Morgan fingerprint density at radius 1 is 1.25 bits per heavy atom. The lowest BCUT2D eigenvalue weighted by Crippen LogP contribution is -2.53. The molecule has 0 aromatic heterocycles. The van der Waals surface area contributed by atoms with Crippen molar-refractivity contribution in [2.45, 2.75) is 45.7 Å². The van der Waals surface area contributed by atoms with Crippen molar-refractivity contribution in [1.82, 2.24) is 10.6 Å². The van der Waals surface area contributed by atoms with Crippen molar-refractivity contribution in [2.24, 2.45) is 5.92 Å². The summed E-state index contributed by atoms with van der Waals surface area (Å²) in [6.07, 6.45) is 3.02. The molecule has 0 fully saturated rings. The molecule has 0 spiro atoms. The average molecular weight is 304 g/mol. The lowest BCUT2D eigenvalue weighted by molar-refractivity contribution is -0.143. The van der Waals surface area contributed by atoms with Crippen LogP contribution in [0, 0.1) is 5.92 Å². The number of hydrogen-bond donors (Lipinski definition) is 3. The van der Waals surface area contributed by atoms with E-state index in [-0.39, 0.29) is 11.8 Å². The van der Waals surface area contributed by atoms with E-state index in [4.69, 9.17) is 5.11 Å². The van der Waals surface area contributed by atoms with E-state index in [1.165, 1.54) is 6.92 Å². The molecule has 7 heteroatoms. The van der Waals surface area contributed by atoms with Crippen molar-refractivity contribution in [2.75, 3.05) is 12.0 Å². The Hall–Kier alpha value is -1.24. The molecule has 0 heterocycles. The van der Waals surface area contributed by atoms with Crippen LogP contribution >= 0.6 is 11.8 Å². The second-order valence-corrected chi connectivity index (χ2v) is 5.73. The van der Waals surface area contributed by atoms with Crippen molar-refractivity contribution >= 4 is 29.5 Å². The maximum Gasteiger partial charge on any atom is 0.326 e. The molecule has 0 saturated carbocycles. The van der Waals surface area contributed by atoms with Gasteiger partial charge in [0.05, 0.1) is 0 Å². The Kier molecular flexibility index (Phi) is 9.03. The summed E-state index contributed by atoms with van der Waals surface area (Å²) in [5.74, 6) is -1.27. The van der Waals surface area contributed by atoms with Crippen LogP contribution in [0.1, 0.15) is 33.6 Å². The standard InChI is InChI=1S/C13H24N2O4S/c1-5-8(2)11(13(18)19)15-12(17)10(6-7-20-4)14-9(3)16/h8,10-11H,5-7H2,1-4H3,(H,14,16)(H,15,17)(H,18,19)/t8-,10-,11-/m0/s1. The van der Waals surface area contributed by atoms with Crippen molar-refractivity contribution in [3.8, 4) is 0 Å². The molecule has 0 aromatic carbocycles. The van der Waals surface area contributed by atoms with E-state index in [9.17, 15) is 14.4 Å². The van der Waals surface area contributed by atoms with Crippen molar-refractivity contribution < 1.29 is 19.5 Å². The number of carbonyl (C=O) groups excluding carboxylic acids is 2. The number of aliphatic carboxylic acids is 1. The molecule has 3 N–H and O–H groups in total. The second-order valence-electron chi connectivity index (χ2n) is 4.74. The second kappa shape index (κ2) is 9.63. The van der Waals surface area contributed by atoms with E-state index in [1.54, 1.807) is 18.7 Å². The summed E-state index contributed by atoms with van der Waals surface area (Å²) in [4.78, 5) is 34.4. The van der Waals surface area contributed by atoms with Gasteiger partial charge >= 0.3 is 5.97 Å². The van der Waals surface area contributed by atoms with Crippen molar-refractivity contribution in [3.05, 3.63) is 0 Å². The molecular weight excluding hydrogens is 280 g/mol. The minimum Gasteiger partial charge on any atom is -0.480 e. The maximum atomic E-state index is 12.1. The molecule has 0 bridgehead atoms. The summed E-state index contributed by atoms with van der Waals surface area (Å²) < 4.78 is 0. The van der Waals surface area contributed by atoms with Crippen molar-refractivity contribution in [1.29, 1.82) is 0 Å². The SMILES string of the molecule is CC[C@H](C)[C@H](NC(=O)[C@H](CCSC)NC(C)=O)C(=O)O. The highest BCUT2D eigenvalue weighted by atomic mass is 32.2. The van der Waals surface area contributed by atoms with Gasteiger partial charge in [0, 0.05) is 6.92 Å². The van der Waals surface area contributed by atoms with Gasteiger partial charge < -0.3 is 15.7 Å². The van der Waals surface area contributed by atoms with Crippen LogP contribution in [0.2, 0.25) is 0 Å². The van der Waals surface area contributed by atoms with Gasteiger partial charge in [-0.15, -0.1) is 0 Å². The summed E-state index contributed by atoms with van der Waals surface area (Å²) in [6, 6.07) is -1.62. The molecule has 0 aliphatic heterocycles. The third-order valence-electron chi connectivity index (χ3n) is 3.08. The molecule has 0 rings (SSSR count). The smallest absolute Gasteiger partial charge is 0.326 e. The number of rotatable bonds is 9.